The lowest BCUT2D eigenvalue weighted by Crippen LogP contribution is -2.52. The predicted octanol–water partition coefficient (Wildman–Crippen LogP) is 2.13. The summed E-state index contributed by atoms with van der Waals surface area (Å²) in [5.74, 6) is -0.00178. The molecule has 29 heavy (non-hydrogen) atoms. The Morgan fingerprint density at radius 3 is 2.55 bits per heavy atom. The van der Waals surface area contributed by atoms with Crippen molar-refractivity contribution >= 4 is 34.3 Å². The molecule has 2 aliphatic rings. The molecule has 0 N–H and O–H groups in total. The highest BCUT2D eigenvalue weighted by Crippen LogP contribution is 2.50. The lowest BCUT2D eigenvalue weighted by atomic mass is 10.2. The third-order valence-corrected chi connectivity index (χ3v) is 6.83. The number of carbonyl (C=O) groups is 2. The number of carbonyl (C=O) groups excluding carboxylic acids is 2. The molecular weight excluding hydrogens is 390 g/mol. The number of nitrogens with zero attached hydrogens (tertiary/aromatic N) is 3. The van der Waals surface area contributed by atoms with Gasteiger partial charge in [0.05, 0.1) is 5.52 Å². The molecule has 5 rings (SSSR count). The summed E-state index contributed by atoms with van der Waals surface area (Å²) in [6.45, 7) is 2.02. The molecule has 3 aromatic rings. The van der Waals surface area contributed by atoms with Gasteiger partial charge in [0.15, 0.2) is 5.58 Å². The van der Waals surface area contributed by atoms with E-state index in [1.54, 1.807) is 34.4 Å². The maximum Gasteiger partial charge on any atom is 0.420 e. The molecule has 1 aliphatic carbocycles. The number of para-hydroxylation sites is 2. The standard InChI is InChI=1S/C21H21N3O4S/c25-19(13-24-16-4-1-2-5-17(16)28-21(24)27)22-7-9-23(10-8-22)20(26)15-12-14(15)18-6-3-11-29-18/h1-6,11,14-15H,7-10,12-13H2/t14-,15+/m0/s1. The Morgan fingerprint density at radius 2 is 1.79 bits per heavy atom. The van der Waals surface area contributed by atoms with Crippen LogP contribution in [0.15, 0.2) is 51.0 Å². The van der Waals surface area contributed by atoms with Crippen molar-refractivity contribution in [2.75, 3.05) is 26.2 Å². The van der Waals surface area contributed by atoms with Crippen LogP contribution in [0.3, 0.4) is 0 Å². The van der Waals surface area contributed by atoms with Gasteiger partial charge < -0.3 is 14.2 Å². The van der Waals surface area contributed by atoms with Crippen LogP contribution in [-0.4, -0.2) is 52.4 Å². The fourth-order valence-corrected chi connectivity index (χ4v) is 5.00. The Kier molecular flexibility index (Phi) is 4.50. The Bertz CT molecular complexity index is 1110. The van der Waals surface area contributed by atoms with Gasteiger partial charge in [0.25, 0.3) is 0 Å². The van der Waals surface area contributed by atoms with Crippen LogP contribution in [0.1, 0.15) is 17.2 Å². The van der Waals surface area contributed by atoms with Gasteiger partial charge in [-0.2, -0.15) is 0 Å². The van der Waals surface area contributed by atoms with Crippen LogP contribution in [0.2, 0.25) is 0 Å². The molecule has 7 nitrogen and oxygen atoms in total. The second-order valence-corrected chi connectivity index (χ2v) is 8.57. The van der Waals surface area contributed by atoms with Gasteiger partial charge in [0.2, 0.25) is 11.8 Å². The topological polar surface area (TPSA) is 75.8 Å². The molecule has 2 fully saturated rings. The Morgan fingerprint density at radius 1 is 1.03 bits per heavy atom. The number of hydrogen-bond donors (Lipinski definition) is 0. The highest BCUT2D eigenvalue weighted by Gasteiger charge is 2.46. The molecule has 0 unspecified atom stereocenters. The third kappa shape index (κ3) is 3.37. The number of amides is 2. The minimum absolute atomic E-state index is 0.0487. The van der Waals surface area contributed by atoms with E-state index in [-0.39, 0.29) is 24.3 Å². The largest absolute Gasteiger partial charge is 0.420 e. The van der Waals surface area contributed by atoms with Crippen molar-refractivity contribution in [1.29, 1.82) is 0 Å². The number of benzene rings is 1. The van der Waals surface area contributed by atoms with E-state index >= 15 is 0 Å². The molecule has 0 spiro atoms. The van der Waals surface area contributed by atoms with Crippen molar-refractivity contribution in [1.82, 2.24) is 14.4 Å². The van der Waals surface area contributed by atoms with Crippen LogP contribution in [0, 0.1) is 5.92 Å². The van der Waals surface area contributed by atoms with Crippen LogP contribution in [0.4, 0.5) is 0 Å². The van der Waals surface area contributed by atoms with Gasteiger partial charge in [-0.25, -0.2) is 4.79 Å². The average molecular weight is 411 g/mol. The normalized spacial score (nSPS) is 21.5. The van der Waals surface area contributed by atoms with Gasteiger partial charge in [0.1, 0.15) is 6.54 Å². The van der Waals surface area contributed by atoms with Gasteiger partial charge in [-0.05, 0) is 30.0 Å². The van der Waals surface area contributed by atoms with Gasteiger partial charge in [-0.1, -0.05) is 18.2 Å². The fraction of sp³-hybridized carbons (Fsp3) is 0.381. The SMILES string of the molecule is O=C(Cn1c(=O)oc2ccccc21)N1CCN(C(=O)[C@@H]2C[C@@H]2c2cccs2)CC1. The third-order valence-electron chi connectivity index (χ3n) is 5.83. The summed E-state index contributed by atoms with van der Waals surface area (Å²) in [6.07, 6.45) is 0.926. The van der Waals surface area contributed by atoms with E-state index in [1.807, 2.05) is 22.4 Å². The van der Waals surface area contributed by atoms with E-state index in [0.29, 0.717) is 43.2 Å². The van der Waals surface area contributed by atoms with E-state index in [0.717, 1.165) is 6.42 Å². The molecule has 1 saturated carbocycles. The fourth-order valence-electron chi connectivity index (χ4n) is 4.09. The maximum atomic E-state index is 12.8. The molecular formula is C21H21N3O4S. The van der Waals surface area contributed by atoms with Gasteiger partial charge in [-0.3, -0.25) is 14.2 Å². The first kappa shape index (κ1) is 18.2. The molecule has 2 aromatic heterocycles. The van der Waals surface area contributed by atoms with Crippen molar-refractivity contribution in [3.8, 4) is 0 Å². The lowest BCUT2D eigenvalue weighted by Gasteiger charge is -2.35. The number of fused-ring (bicyclic) bond motifs is 1. The summed E-state index contributed by atoms with van der Waals surface area (Å²) in [5.41, 5.74) is 1.10. The molecule has 1 saturated heterocycles. The Hall–Kier alpha value is -2.87. The zero-order chi connectivity index (χ0) is 20.0. The van der Waals surface area contributed by atoms with Gasteiger partial charge in [0, 0.05) is 42.9 Å². The molecule has 2 amide bonds. The smallest absolute Gasteiger partial charge is 0.408 e. The molecule has 8 heteroatoms. The van der Waals surface area contributed by atoms with Gasteiger partial charge >= 0.3 is 5.76 Å². The quantitative estimate of drug-likeness (QED) is 0.659. The molecule has 2 atom stereocenters. The minimum atomic E-state index is -0.526. The molecule has 0 radical (unpaired) electrons. The first-order valence-corrected chi connectivity index (χ1v) is 10.7. The number of hydrogen-bond acceptors (Lipinski definition) is 5. The average Bonchev–Trinajstić information content (AvgIpc) is 3.22. The first-order chi connectivity index (χ1) is 14.1. The van der Waals surface area contributed by atoms with Crippen molar-refractivity contribution in [3.63, 3.8) is 0 Å². The van der Waals surface area contributed by atoms with Crippen LogP contribution in [-0.2, 0) is 16.1 Å². The molecule has 1 aromatic carbocycles. The van der Waals surface area contributed by atoms with Crippen LogP contribution in [0.25, 0.3) is 11.1 Å². The zero-order valence-electron chi connectivity index (χ0n) is 15.8. The van der Waals surface area contributed by atoms with E-state index in [9.17, 15) is 14.4 Å². The van der Waals surface area contributed by atoms with E-state index < -0.39 is 5.76 Å². The van der Waals surface area contributed by atoms with Gasteiger partial charge in [-0.15, -0.1) is 11.3 Å². The van der Waals surface area contributed by atoms with Crippen LogP contribution >= 0.6 is 11.3 Å². The maximum absolute atomic E-state index is 12.8. The summed E-state index contributed by atoms with van der Waals surface area (Å²) in [7, 11) is 0. The van der Waals surface area contributed by atoms with Crippen molar-refractivity contribution < 1.29 is 14.0 Å². The second kappa shape index (κ2) is 7.18. The van der Waals surface area contributed by atoms with E-state index in [4.69, 9.17) is 4.42 Å². The van der Waals surface area contributed by atoms with Crippen molar-refractivity contribution in [2.45, 2.75) is 18.9 Å². The summed E-state index contributed by atoms with van der Waals surface area (Å²) >= 11 is 1.71. The number of aromatic nitrogens is 1. The van der Waals surface area contributed by atoms with Crippen LogP contribution < -0.4 is 5.76 Å². The Labute approximate surface area is 171 Å². The summed E-state index contributed by atoms with van der Waals surface area (Å²) < 4.78 is 6.56. The number of rotatable bonds is 4. The number of piperazine rings is 1. The first-order valence-electron chi connectivity index (χ1n) is 9.80. The molecule has 150 valence electrons. The number of oxazole rings is 1. The van der Waals surface area contributed by atoms with E-state index in [1.165, 1.54) is 9.44 Å². The summed E-state index contributed by atoms with van der Waals surface area (Å²) in [6, 6.07) is 11.2. The van der Waals surface area contributed by atoms with Crippen molar-refractivity contribution in [2.24, 2.45) is 5.92 Å². The highest BCUT2D eigenvalue weighted by molar-refractivity contribution is 7.10. The second-order valence-electron chi connectivity index (χ2n) is 7.59. The molecule has 3 heterocycles. The predicted molar refractivity (Wildman–Crippen MR) is 109 cm³/mol. The zero-order valence-corrected chi connectivity index (χ0v) is 16.6. The van der Waals surface area contributed by atoms with Crippen molar-refractivity contribution in [3.05, 3.63) is 57.2 Å². The van der Waals surface area contributed by atoms with E-state index in [2.05, 4.69) is 6.07 Å². The highest BCUT2D eigenvalue weighted by atomic mass is 32.1. The molecule has 1 aliphatic heterocycles. The summed E-state index contributed by atoms with van der Waals surface area (Å²) in [4.78, 5) is 42.4. The monoisotopic (exact) mass is 411 g/mol. The molecule has 0 bridgehead atoms. The summed E-state index contributed by atoms with van der Waals surface area (Å²) in [5, 5.41) is 2.05. The number of thiophene rings is 1. The lowest BCUT2D eigenvalue weighted by molar-refractivity contribution is -0.140. The van der Waals surface area contributed by atoms with Crippen LogP contribution in [0.5, 0.6) is 0 Å². The Balaban J connectivity index is 1.18. The minimum Gasteiger partial charge on any atom is -0.408 e.